The van der Waals surface area contributed by atoms with Crippen molar-refractivity contribution in [3.63, 3.8) is 0 Å². The van der Waals surface area contributed by atoms with Gasteiger partial charge in [0.15, 0.2) is 0 Å². The number of rotatable bonds is 7. The Morgan fingerprint density at radius 3 is 2.50 bits per heavy atom. The maximum Gasteiger partial charge on any atom is 0.116 e. The molecule has 0 spiro atoms. The summed E-state index contributed by atoms with van der Waals surface area (Å²) in [6, 6.07) is 3.20. The molecule has 1 atom stereocenters. The highest BCUT2D eigenvalue weighted by Crippen LogP contribution is 2.35. The molecule has 0 saturated heterocycles. The highest BCUT2D eigenvalue weighted by molar-refractivity contribution is 5.07. The summed E-state index contributed by atoms with van der Waals surface area (Å²) in [7, 11) is 0. The first-order valence-corrected chi connectivity index (χ1v) is 6.57. The van der Waals surface area contributed by atoms with Gasteiger partial charge in [0.1, 0.15) is 5.54 Å². The first-order chi connectivity index (χ1) is 7.67. The number of nitrogens with zero attached hydrogens (tertiary/aromatic N) is 2. The Labute approximate surface area is 98.8 Å². The number of hydrogen-bond acceptors (Lipinski definition) is 3. The van der Waals surface area contributed by atoms with Crippen molar-refractivity contribution in [1.82, 2.24) is 10.2 Å². The maximum absolute atomic E-state index is 9.28. The molecule has 0 heterocycles. The van der Waals surface area contributed by atoms with Crippen LogP contribution in [0.4, 0.5) is 0 Å². The highest BCUT2D eigenvalue weighted by Gasteiger charge is 2.37. The summed E-state index contributed by atoms with van der Waals surface area (Å²) >= 11 is 0. The fourth-order valence-electron chi connectivity index (χ4n) is 2.34. The van der Waals surface area contributed by atoms with Crippen molar-refractivity contribution < 1.29 is 0 Å². The molecule has 0 radical (unpaired) electrons. The fourth-order valence-corrected chi connectivity index (χ4v) is 2.34. The van der Waals surface area contributed by atoms with E-state index in [2.05, 4.69) is 23.2 Å². The minimum atomic E-state index is -0.369. The smallest absolute Gasteiger partial charge is 0.116 e. The van der Waals surface area contributed by atoms with Gasteiger partial charge in [-0.2, -0.15) is 5.26 Å². The van der Waals surface area contributed by atoms with Crippen molar-refractivity contribution in [3.05, 3.63) is 0 Å². The van der Waals surface area contributed by atoms with Gasteiger partial charge in [0.2, 0.25) is 0 Å². The van der Waals surface area contributed by atoms with Crippen molar-refractivity contribution in [2.75, 3.05) is 19.6 Å². The molecule has 0 aromatic rings. The van der Waals surface area contributed by atoms with Gasteiger partial charge in [-0.1, -0.05) is 6.92 Å². The van der Waals surface area contributed by atoms with Crippen molar-refractivity contribution in [2.24, 2.45) is 5.92 Å². The molecule has 2 fully saturated rings. The Hall–Kier alpha value is -0.590. The molecule has 0 bridgehead atoms. The monoisotopic (exact) mass is 221 g/mol. The van der Waals surface area contributed by atoms with Crippen LogP contribution in [0.1, 0.15) is 39.5 Å². The van der Waals surface area contributed by atoms with Crippen LogP contribution in [0.3, 0.4) is 0 Å². The van der Waals surface area contributed by atoms with Crippen LogP contribution in [-0.4, -0.2) is 36.1 Å². The van der Waals surface area contributed by atoms with E-state index in [4.69, 9.17) is 0 Å². The molecular weight excluding hydrogens is 198 g/mol. The lowest BCUT2D eigenvalue weighted by Gasteiger charge is -2.31. The van der Waals surface area contributed by atoms with Gasteiger partial charge in [-0.05, 0) is 45.1 Å². The third-order valence-corrected chi connectivity index (χ3v) is 3.59. The van der Waals surface area contributed by atoms with Gasteiger partial charge in [0.25, 0.3) is 0 Å². The zero-order chi connectivity index (χ0) is 11.6. The van der Waals surface area contributed by atoms with Crippen LogP contribution < -0.4 is 5.32 Å². The predicted molar refractivity (Wildman–Crippen MR) is 65.0 cm³/mol. The van der Waals surface area contributed by atoms with Crippen LogP contribution in [0.25, 0.3) is 0 Å². The first-order valence-electron chi connectivity index (χ1n) is 6.57. The molecular formula is C13H23N3. The topological polar surface area (TPSA) is 39.1 Å². The van der Waals surface area contributed by atoms with Crippen LogP contribution in [-0.2, 0) is 0 Å². The summed E-state index contributed by atoms with van der Waals surface area (Å²) in [5, 5.41) is 12.6. The molecule has 2 aliphatic carbocycles. The standard InChI is InChI=1S/C13H23N3/c1-3-15-13(2,9-14)10-16(12-6-7-12)8-11-4-5-11/h11-12,15H,3-8,10H2,1-2H3. The minimum absolute atomic E-state index is 0.369. The van der Waals surface area contributed by atoms with Gasteiger partial charge in [-0.15, -0.1) is 0 Å². The minimum Gasteiger partial charge on any atom is -0.299 e. The number of likely N-dealkylation sites (N-methyl/N-ethyl adjacent to an activating group) is 1. The lowest BCUT2D eigenvalue weighted by atomic mass is 10.0. The molecule has 2 aliphatic rings. The van der Waals surface area contributed by atoms with E-state index in [1.54, 1.807) is 0 Å². The van der Waals surface area contributed by atoms with E-state index in [1.165, 1.54) is 32.2 Å². The molecule has 3 heteroatoms. The van der Waals surface area contributed by atoms with Gasteiger partial charge >= 0.3 is 0 Å². The number of nitrogens with one attached hydrogen (secondary N) is 1. The molecule has 2 rings (SSSR count). The van der Waals surface area contributed by atoms with E-state index in [0.29, 0.717) is 0 Å². The molecule has 0 amide bonds. The Morgan fingerprint density at radius 1 is 1.38 bits per heavy atom. The van der Waals surface area contributed by atoms with Crippen molar-refractivity contribution in [3.8, 4) is 6.07 Å². The third-order valence-electron chi connectivity index (χ3n) is 3.59. The zero-order valence-electron chi connectivity index (χ0n) is 10.5. The number of nitriles is 1. The van der Waals surface area contributed by atoms with Gasteiger partial charge in [0, 0.05) is 19.1 Å². The lowest BCUT2D eigenvalue weighted by Crippen LogP contribution is -2.51. The Balaban J connectivity index is 1.89. The van der Waals surface area contributed by atoms with Gasteiger partial charge in [-0.3, -0.25) is 10.2 Å². The largest absolute Gasteiger partial charge is 0.299 e. The normalized spacial score (nSPS) is 24.1. The van der Waals surface area contributed by atoms with Crippen LogP contribution in [0.15, 0.2) is 0 Å². The third kappa shape index (κ3) is 3.20. The quantitative estimate of drug-likeness (QED) is 0.712. The maximum atomic E-state index is 9.28. The first kappa shape index (κ1) is 11.9. The number of hydrogen-bond donors (Lipinski definition) is 1. The summed E-state index contributed by atoms with van der Waals surface area (Å²) in [5.41, 5.74) is -0.369. The van der Waals surface area contributed by atoms with Crippen LogP contribution in [0, 0.1) is 17.2 Å². The summed E-state index contributed by atoms with van der Waals surface area (Å²) < 4.78 is 0. The molecule has 0 aromatic heterocycles. The van der Waals surface area contributed by atoms with E-state index in [-0.39, 0.29) is 5.54 Å². The van der Waals surface area contributed by atoms with Crippen molar-refractivity contribution in [1.29, 1.82) is 5.26 Å². The molecule has 0 aliphatic heterocycles. The lowest BCUT2D eigenvalue weighted by molar-refractivity contribution is 0.204. The van der Waals surface area contributed by atoms with Gasteiger partial charge in [-0.25, -0.2) is 0 Å². The Kier molecular flexibility index (Phi) is 3.51. The van der Waals surface area contributed by atoms with E-state index < -0.39 is 0 Å². The van der Waals surface area contributed by atoms with E-state index in [1.807, 2.05) is 6.92 Å². The molecule has 2 saturated carbocycles. The zero-order valence-corrected chi connectivity index (χ0v) is 10.5. The van der Waals surface area contributed by atoms with E-state index in [0.717, 1.165) is 25.0 Å². The molecule has 1 unspecified atom stereocenters. The summed E-state index contributed by atoms with van der Waals surface area (Å²) in [4.78, 5) is 2.55. The second kappa shape index (κ2) is 4.73. The molecule has 16 heavy (non-hydrogen) atoms. The second-order valence-electron chi connectivity index (χ2n) is 5.58. The van der Waals surface area contributed by atoms with Crippen LogP contribution in [0.2, 0.25) is 0 Å². The van der Waals surface area contributed by atoms with Crippen LogP contribution in [0.5, 0.6) is 0 Å². The Bertz CT molecular complexity index is 275. The highest BCUT2D eigenvalue weighted by atomic mass is 15.2. The SMILES string of the molecule is CCNC(C)(C#N)CN(CC1CC1)C1CC1. The average molecular weight is 221 g/mol. The summed E-state index contributed by atoms with van der Waals surface area (Å²) in [6.07, 6.45) is 5.46. The summed E-state index contributed by atoms with van der Waals surface area (Å²) in [5.74, 6) is 0.921. The molecule has 1 N–H and O–H groups in total. The van der Waals surface area contributed by atoms with E-state index in [9.17, 15) is 5.26 Å². The Morgan fingerprint density at radius 2 is 2.06 bits per heavy atom. The fraction of sp³-hybridized carbons (Fsp3) is 0.923. The molecule has 3 nitrogen and oxygen atoms in total. The van der Waals surface area contributed by atoms with Crippen molar-refractivity contribution >= 4 is 0 Å². The van der Waals surface area contributed by atoms with Gasteiger partial charge < -0.3 is 0 Å². The van der Waals surface area contributed by atoms with E-state index >= 15 is 0 Å². The van der Waals surface area contributed by atoms with Gasteiger partial charge in [0.05, 0.1) is 6.07 Å². The molecule has 90 valence electrons. The average Bonchev–Trinajstić information content (AvgIpc) is 3.10. The summed E-state index contributed by atoms with van der Waals surface area (Å²) in [6.45, 7) is 7.06. The van der Waals surface area contributed by atoms with Crippen molar-refractivity contribution in [2.45, 2.75) is 51.1 Å². The second-order valence-corrected chi connectivity index (χ2v) is 5.58. The predicted octanol–water partition coefficient (Wildman–Crippen LogP) is 1.75. The van der Waals surface area contributed by atoms with Crippen LogP contribution >= 0.6 is 0 Å². The molecule has 0 aromatic carbocycles.